The van der Waals surface area contributed by atoms with Crippen molar-refractivity contribution < 1.29 is 14.6 Å². The van der Waals surface area contributed by atoms with Crippen molar-refractivity contribution in [2.45, 2.75) is 31.3 Å². The molecule has 1 aromatic heterocycles. The van der Waals surface area contributed by atoms with Crippen molar-refractivity contribution in [2.24, 2.45) is 0 Å². The summed E-state index contributed by atoms with van der Waals surface area (Å²) in [7, 11) is 0. The third-order valence-electron chi connectivity index (χ3n) is 4.88. The van der Waals surface area contributed by atoms with Gasteiger partial charge in [-0.05, 0) is 40.5 Å². The number of nitrogens with two attached hydrogens (primary N) is 1. The number of aromatic nitrogens is 2. The van der Waals surface area contributed by atoms with E-state index < -0.39 is 6.10 Å². The molecule has 1 atom stereocenters. The summed E-state index contributed by atoms with van der Waals surface area (Å²) >= 11 is 1.38. The number of nitrogens with one attached hydrogen (secondary N) is 1. The Kier molecular flexibility index (Phi) is 5.66. The SMILES string of the molecule is Cc1cc2c3c(cccc3c1-c1cc(SCC(O)CNC=O)nc(N)n1)COC2. The molecule has 0 saturated carbocycles. The summed E-state index contributed by atoms with van der Waals surface area (Å²) in [6, 6.07) is 10.3. The Hall–Kier alpha value is -2.68. The minimum absolute atomic E-state index is 0.189. The maximum atomic E-state index is 10.4. The van der Waals surface area contributed by atoms with Gasteiger partial charge in [-0.3, -0.25) is 4.79 Å². The normalized spacial score (nSPS) is 14.0. The topological polar surface area (TPSA) is 110 Å². The highest BCUT2D eigenvalue weighted by Gasteiger charge is 2.19. The molecule has 4 rings (SSSR count). The number of benzene rings is 2. The summed E-state index contributed by atoms with van der Waals surface area (Å²) in [6.07, 6.45) is -0.104. The molecule has 4 N–H and O–H groups in total. The van der Waals surface area contributed by atoms with Crippen molar-refractivity contribution >= 4 is 34.9 Å². The molecule has 7 nitrogen and oxygen atoms in total. The summed E-state index contributed by atoms with van der Waals surface area (Å²) in [5, 5.41) is 15.5. The molecule has 1 amide bonds. The van der Waals surface area contributed by atoms with Gasteiger partial charge in [-0.25, -0.2) is 9.97 Å². The number of carbonyl (C=O) groups is 1. The number of aliphatic hydroxyl groups excluding tert-OH is 1. The number of thioether (sulfide) groups is 1. The van der Waals surface area contributed by atoms with Crippen LogP contribution in [-0.4, -0.2) is 39.9 Å². The van der Waals surface area contributed by atoms with E-state index in [1.165, 1.54) is 28.3 Å². The number of nitrogen functional groups attached to an aromatic ring is 1. The standard InChI is InChI=1S/C21H22N4O3S/c1-12-5-14-9-28-8-13-3-2-4-16(20(13)14)19(12)17-6-18(25-21(22)24-17)29-10-15(27)7-23-11-26/h2-6,11,15,27H,7-10H2,1H3,(H,23,26)(H2,22,24,25). The predicted octanol–water partition coefficient (Wildman–Crippen LogP) is 2.42. The lowest BCUT2D eigenvalue weighted by Gasteiger charge is -2.21. The van der Waals surface area contributed by atoms with Gasteiger partial charge in [0.15, 0.2) is 0 Å². The summed E-state index contributed by atoms with van der Waals surface area (Å²) < 4.78 is 5.71. The molecule has 150 valence electrons. The van der Waals surface area contributed by atoms with Crippen LogP contribution in [0.3, 0.4) is 0 Å². The van der Waals surface area contributed by atoms with E-state index in [0.29, 0.717) is 30.4 Å². The monoisotopic (exact) mass is 410 g/mol. The first kappa shape index (κ1) is 19.6. The molecule has 0 radical (unpaired) electrons. The van der Waals surface area contributed by atoms with Crippen LogP contribution in [0.15, 0.2) is 35.4 Å². The quantitative estimate of drug-likeness (QED) is 0.312. The molecule has 2 heterocycles. The van der Waals surface area contributed by atoms with Crippen LogP contribution in [0, 0.1) is 6.92 Å². The molecular formula is C21H22N4O3S. The number of ether oxygens (including phenoxy) is 1. The molecule has 1 unspecified atom stereocenters. The van der Waals surface area contributed by atoms with E-state index in [0.717, 1.165) is 22.2 Å². The summed E-state index contributed by atoms with van der Waals surface area (Å²) in [6.45, 7) is 3.47. The van der Waals surface area contributed by atoms with Crippen molar-refractivity contribution in [3.05, 3.63) is 47.0 Å². The molecule has 29 heavy (non-hydrogen) atoms. The smallest absolute Gasteiger partial charge is 0.221 e. The van der Waals surface area contributed by atoms with Crippen molar-refractivity contribution in [3.63, 3.8) is 0 Å². The van der Waals surface area contributed by atoms with Crippen molar-refractivity contribution in [1.82, 2.24) is 15.3 Å². The first-order chi connectivity index (χ1) is 14.1. The van der Waals surface area contributed by atoms with E-state index in [9.17, 15) is 9.90 Å². The largest absolute Gasteiger partial charge is 0.390 e. The van der Waals surface area contributed by atoms with Crippen molar-refractivity contribution in [3.8, 4) is 11.3 Å². The lowest BCUT2D eigenvalue weighted by atomic mass is 9.90. The average molecular weight is 410 g/mol. The zero-order valence-electron chi connectivity index (χ0n) is 16.0. The number of rotatable bonds is 7. The summed E-state index contributed by atoms with van der Waals surface area (Å²) in [4.78, 5) is 19.2. The Morgan fingerprint density at radius 2 is 2.14 bits per heavy atom. The number of amides is 1. The van der Waals surface area contributed by atoms with Crippen LogP contribution in [0.2, 0.25) is 0 Å². The van der Waals surface area contributed by atoms with Gasteiger partial charge in [0, 0.05) is 17.9 Å². The second-order valence-corrected chi connectivity index (χ2v) is 8.04. The van der Waals surface area contributed by atoms with Gasteiger partial charge in [-0.15, -0.1) is 11.8 Å². The first-order valence-corrected chi connectivity index (χ1v) is 10.3. The average Bonchev–Trinajstić information content (AvgIpc) is 2.70. The van der Waals surface area contributed by atoms with Gasteiger partial charge in [0.25, 0.3) is 0 Å². The maximum Gasteiger partial charge on any atom is 0.221 e. The van der Waals surface area contributed by atoms with E-state index in [4.69, 9.17) is 10.5 Å². The van der Waals surface area contributed by atoms with Gasteiger partial charge in [0.2, 0.25) is 12.4 Å². The van der Waals surface area contributed by atoms with Crippen LogP contribution >= 0.6 is 11.8 Å². The fourth-order valence-corrected chi connectivity index (χ4v) is 4.55. The second kappa shape index (κ2) is 8.36. The number of hydrogen-bond acceptors (Lipinski definition) is 7. The van der Waals surface area contributed by atoms with E-state index in [2.05, 4.69) is 40.4 Å². The van der Waals surface area contributed by atoms with Gasteiger partial charge in [-0.2, -0.15) is 0 Å². The fraction of sp³-hybridized carbons (Fsp3) is 0.286. The molecule has 0 fully saturated rings. The Labute approximate surface area is 172 Å². The molecular weight excluding hydrogens is 388 g/mol. The number of anilines is 1. The number of hydrogen-bond donors (Lipinski definition) is 3. The molecule has 1 aliphatic rings. The van der Waals surface area contributed by atoms with Gasteiger partial charge in [0.05, 0.1) is 25.0 Å². The zero-order valence-corrected chi connectivity index (χ0v) is 16.8. The lowest BCUT2D eigenvalue weighted by Crippen LogP contribution is -2.27. The molecule has 0 aliphatic carbocycles. The number of carbonyl (C=O) groups excluding carboxylic acids is 1. The van der Waals surface area contributed by atoms with Gasteiger partial charge >= 0.3 is 0 Å². The molecule has 0 spiro atoms. The molecule has 2 aromatic carbocycles. The number of aliphatic hydroxyl groups is 1. The lowest BCUT2D eigenvalue weighted by molar-refractivity contribution is -0.109. The van der Waals surface area contributed by atoms with E-state index in [1.807, 2.05) is 12.1 Å². The van der Waals surface area contributed by atoms with Crippen LogP contribution < -0.4 is 11.1 Å². The predicted molar refractivity (Wildman–Crippen MR) is 113 cm³/mol. The van der Waals surface area contributed by atoms with Crippen LogP contribution in [0.5, 0.6) is 0 Å². The van der Waals surface area contributed by atoms with Crippen molar-refractivity contribution in [1.29, 1.82) is 0 Å². The minimum atomic E-state index is -0.674. The molecule has 8 heteroatoms. The van der Waals surface area contributed by atoms with Gasteiger partial charge < -0.3 is 20.9 Å². The molecule has 1 aliphatic heterocycles. The van der Waals surface area contributed by atoms with E-state index >= 15 is 0 Å². The van der Waals surface area contributed by atoms with Crippen LogP contribution in [0.1, 0.15) is 16.7 Å². The zero-order chi connectivity index (χ0) is 20.4. The number of aryl methyl sites for hydroxylation is 1. The van der Waals surface area contributed by atoms with Gasteiger partial charge in [-0.1, -0.05) is 24.3 Å². The summed E-state index contributed by atoms with van der Waals surface area (Å²) in [5.41, 5.74) is 11.2. The second-order valence-electron chi connectivity index (χ2n) is 7.00. The highest BCUT2D eigenvalue weighted by Crippen LogP contribution is 2.38. The number of nitrogens with zero attached hydrogens (tertiary/aromatic N) is 2. The highest BCUT2D eigenvalue weighted by atomic mass is 32.2. The Balaban J connectivity index is 1.73. The Bertz CT molecular complexity index is 1070. The Morgan fingerprint density at radius 1 is 1.31 bits per heavy atom. The van der Waals surface area contributed by atoms with Crippen LogP contribution in [-0.2, 0) is 22.7 Å². The summed E-state index contributed by atoms with van der Waals surface area (Å²) in [5.74, 6) is 0.574. The van der Waals surface area contributed by atoms with Crippen molar-refractivity contribution in [2.75, 3.05) is 18.0 Å². The van der Waals surface area contributed by atoms with Crippen LogP contribution in [0.25, 0.3) is 22.0 Å². The molecule has 3 aromatic rings. The van der Waals surface area contributed by atoms with Gasteiger partial charge in [0.1, 0.15) is 5.03 Å². The van der Waals surface area contributed by atoms with Crippen LogP contribution in [0.4, 0.5) is 5.95 Å². The molecule has 0 bridgehead atoms. The third-order valence-corrected chi connectivity index (χ3v) is 5.93. The third kappa shape index (κ3) is 4.05. The minimum Gasteiger partial charge on any atom is -0.390 e. The maximum absolute atomic E-state index is 10.4. The molecule has 0 saturated heterocycles. The first-order valence-electron chi connectivity index (χ1n) is 9.31. The van der Waals surface area contributed by atoms with E-state index in [-0.39, 0.29) is 12.5 Å². The highest BCUT2D eigenvalue weighted by molar-refractivity contribution is 7.99. The Morgan fingerprint density at radius 3 is 2.97 bits per heavy atom. The van der Waals surface area contributed by atoms with E-state index in [1.54, 1.807) is 0 Å². The fourth-order valence-electron chi connectivity index (χ4n) is 3.72.